The van der Waals surface area contributed by atoms with Crippen molar-refractivity contribution in [2.24, 2.45) is 0 Å². The van der Waals surface area contributed by atoms with Gasteiger partial charge in [0.05, 0.1) is 24.1 Å². The molecular formula is C33H24F3NO2. The number of hydrogen-bond acceptors (Lipinski definition) is 3. The van der Waals surface area contributed by atoms with E-state index in [1.165, 1.54) is 13.0 Å². The first-order valence-electron chi connectivity index (χ1n) is 12.3. The van der Waals surface area contributed by atoms with Gasteiger partial charge in [0.25, 0.3) is 0 Å². The Morgan fingerprint density at radius 2 is 1.23 bits per heavy atom. The molecule has 0 unspecified atom stereocenters. The molecule has 0 fully saturated rings. The Morgan fingerprint density at radius 1 is 0.667 bits per heavy atom. The van der Waals surface area contributed by atoms with Gasteiger partial charge in [-0.2, -0.15) is 13.2 Å². The lowest BCUT2D eigenvalue weighted by Crippen LogP contribution is -2.05. The van der Waals surface area contributed by atoms with Crippen LogP contribution in [-0.2, 0) is 6.18 Å². The van der Waals surface area contributed by atoms with Crippen LogP contribution in [0.4, 0.5) is 13.2 Å². The zero-order valence-corrected chi connectivity index (χ0v) is 21.3. The highest BCUT2D eigenvalue weighted by Crippen LogP contribution is 2.41. The Hall–Kier alpha value is -4.71. The van der Waals surface area contributed by atoms with E-state index in [9.17, 15) is 18.0 Å². The lowest BCUT2D eigenvalue weighted by atomic mass is 9.91. The van der Waals surface area contributed by atoms with Gasteiger partial charge in [0.15, 0.2) is 5.78 Å². The van der Waals surface area contributed by atoms with Crippen LogP contribution in [0.15, 0.2) is 109 Å². The highest BCUT2D eigenvalue weighted by atomic mass is 19.4. The zero-order chi connectivity index (χ0) is 27.6. The van der Waals surface area contributed by atoms with Crippen LogP contribution in [0.2, 0.25) is 0 Å². The second kappa shape index (κ2) is 10.6. The number of alkyl halides is 3. The molecule has 0 aliphatic carbocycles. The summed E-state index contributed by atoms with van der Waals surface area (Å²) in [5.41, 5.74) is 5.11. The van der Waals surface area contributed by atoms with Crippen molar-refractivity contribution >= 4 is 5.78 Å². The fourth-order valence-electron chi connectivity index (χ4n) is 4.49. The molecule has 4 aromatic carbocycles. The van der Waals surface area contributed by atoms with Crippen LogP contribution in [0.3, 0.4) is 0 Å². The van der Waals surface area contributed by atoms with E-state index in [0.717, 1.165) is 34.4 Å². The van der Waals surface area contributed by atoms with Gasteiger partial charge in [0.1, 0.15) is 5.75 Å². The summed E-state index contributed by atoms with van der Waals surface area (Å²) in [5, 5.41) is 0. The van der Waals surface area contributed by atoms with Crippen molar-refractivity contribution in [3.63, 3.8) is 0 Å². The molecule has 5 rings (SSSR count). The average Bonchev–Trinajstić information content (AvgIpc) is 2.96. The van der Waals surface area contributed by atoms with E-state index < -0.39 is 11.7 Å². The largest absolute Gasteiger partial charge is 0.497 e. The van der Waals surface area contributed by atoms with E-state index in [0.29, 0.717) is 33.8 Å². The average molecular weight is 524 g/mol. The van der Waals surface area contributed by atoms with Crippen molar-refractivity contribution in [3.8, 4) is 50.5 Å². The number of methoxy groups -OCH3 is 1. The van der Waals surface area contributed by atoms with E-state index >= 15 is 0 Å². The van der Waals surface area contributed by atoms with Gasteiger partial charge in [-0.3, -0.25) is 4.79 Å². The maximum atomic E-state index is 13.7. The van der Waals surface area contributed by atoms with Gasteiger partial charge < -0.3 is 4.74 Å². The molecule has 0 bridgehead atoms. The highest BCUT2D eigenvalue weighted by Gasteiger charge is 2.31. The number of ketones is 1. The SMILES string of the molecule is COc1ccc(-c2nc(-c3ccccc3)c(-c3ccc(C(C)=O)cc3)cc2-c2cccc(C(F)(F)F)c2)cc1. The third-order valence-electron chi connectivity index (χ3n) is 6.54. The van der Waals surface area contributed by atoms with Crippen LogP contribution in [0.25, 0.3) is 44.8 Å². The van der Waals surface area contributed by atoms with Crippen molar-refractivity contribution in [2.45, 2.75) is 13.1 Å². The van der Waals surface area contributed by atoms with E-state index in [4.69, 9.17) is 9.72 Å². The molecule has 0 aliphatic rings. The second-order valence-corrected chi connectivity index (χ2v) is 9.09. The summed E-state index contributed by atoms with van der Waals surface area (Å²) in [6.45, 7) is 1.50. The fourth-order valence-corrected chi connectivity index (χ4v) is 4.49. The first kappa shape index (κ1) is 25.9. The predicted octanol–water partition coefficient (Wildman–Crippen LogP) is 8.98. The number of ether oxygens (including phenoxy) is 1. The molecule has 0 saturated carbocycles. The summed E-state index contributed by atoms with van der Waals surface area (Å²) in [6, 6.07) is 31.2. The minimum absolute atomic E-state index is 0.0533. The molecule has 6 heteroatoms. The van der Waals surface area contributed by atoms with Crippen molar-refractivity contribution in [1.82, 2.24) is 4.98 Å². The highest BCUT2D eigenvalue weighted by molar-refractivity contribution is 5.95. The molecule has 0 atom stereocenters. The number of nitrogens with zero attached hydrogens (tertiary/aromatic N) is 1. The van der Waals surface area contributed by atoms with E-state index in [1.54, 1.807) is 37.4 Å². The Kier molecular flexibility index (Phi) is 7.03. The number of Topliss-reactive ketones (excluding diaryl/α,β-unsaturated/α-hetero) is 1. The summed E-state index contributed by atoms with van der Waals surface area (Å²) >= 11 is 0. The molecule has 1 aromatic heterocycles. The Balaban J connectivity index is 1.82. The molecule has 0 N–H and O–H groups in total. The first-order chi connectivity index (χ1) is 18.7. The molecule has 0 aliphatic heterocycles. The van der Waals surface area contributed by atoms with Gasteiger partial charge in [0.2, 0.25) is 0 Å². The third-order valence-corrected chi connectivity index (χ3v) is 6.54. The topological polar surface area (TPSA) is 39.2 Å². The molecule has 0 amide bonds. The number of hydrogen-bond donors (Lipinski definition) is 0. The smallest absolute Gasteiger partial charge is 0.416 e. The number of carbonyl (C=O) groups excluding carboxylic acids is 1. The maximum absolute atomic E-state index is 13.7. The van der Waals surface area contributed by atoms with Crippen LogP contribution in [0, 0.1) is 0 Å². The summed E-state index contributed by atoms with van der Waals surface area (Å²) in [4.78, 5) is 16.9. The zero-order valence-electron chi connectivity index (χ0n) is 21.3. The molecular weight excluding hydrogens is 499 g/mol. The Labute approximate surface area is 224 Å². The van der Waals surface area contributed by atoms with Gasteiger partial charge in [-0.15, -0.1) is 0 Å². The number of pyridine rings is 1. The normalized spacial score (nSPS) is 11.3. The lowest BCUT2D eigenvalue weighted by Gasteiger charge is -2.18. The summed E-state index contributed by atoms with van der Waals surface area (Å²) < 4.78 is 46.3. The summed E-state index contributed by atoms with van der Waals surface area (Å²) in [7, 11) is 1.57. The van der Waals surface area contributed by atoms with Crippen molar-refractivity contribution < 1.29 is 22.7 Å². The van der Waals surface area contributed by atoms with Crippen LogP contribution in [0.1, 0.15) is 22.8 Å². The van der Waals surface area contributed by atoms with E-state index in [-0.39, 0.29) is 5.78 Å². The van der Waals surface area contributed by atoms with Gasteiger partial charge >= 0.3 is 6.18 Å². The summed E-state index contributed by atoms with van der Waals surface area (Å²) in [5.74, 6) is 0.604. The molecule has 0 radical (unpaired) electrons. The first-order valence-corrected chi connectivity index (χ1v) is 12.3. The van der Waals surface area contributed by atoms with Crippen LogP contribution < -0.4 is 4.74 Å². The van der Waals surface area contributed by atoms with Crippen LogP contribution >= 0.6 is 0 Å². The van der Waals surface area contributed by atoms with Gasteiger partial charge in [-0.05, 0) is 60.5 Å². The van der Waals surface area contributed by atoms with Crippen LogP contribution in [0.5, 0.6) is 5.75 Å². The minimum atomic E-state index is -4.49. The molecule has 5 aromatic rings. The van der Waals surface area contributed by atoms with Gasteiger partial charge in [-0.25, -0.2) is 4.98 Å². The molecule has 0 saturated heterocycles. The monoisotopic (exact) mass is 523 g/mol. The standard InChI is InChI=1S/C33H24F3NO2/c1-21(38)22-11-13-23(14-12-22)29-20-30(26-9-6-10-27(19-26)33(34,35)36)32(25-15-17-28(39-2)18-16-25)37-31(29)24-7-4-3-5-8-24/h3-20H,1-2H3. The third kappa shape index (κ3) is 5.46. The quantitative estimate of drug-likeness (QED) is 0.209. The van der Waals surface area contributed by atoms with E-state index in [2.05, 4.69) is 0 Å². The number of carbonyl (C=O) groups is 1. The molecule has 1 heterocycles. The summed E-state index contributed by atoms with van der Waals surface area (Å²) in [6.07, 6.45) is -4.49. The molecule has 194 valence electrons. The van der Waals surface area contributed by atoms with Gasteiger partial charge in [0, 0.05) is 27.8 Å². The van der Waals surface area contributed by atoms with Crippen molar-refractivity contribution in [2.75, 3.05) is 7.11 Å². The predicted molar refractivity (Wildman–Crippen MR) is 148 cm³/mol. The minimum Gasteiger partial charge on any atom is -0.497 e. The van der Waals surface area contributed by atoms with Gasteiger partial charge in [-0.1, -0.05) is 66.7 Å². The lowest BCUT2D eigenvalue weighted by molar-refractivity contribution is -0.137. The number of halogens is 3. The number of aromatic nitrogens is 1. The molecule has 39 heavy (non-hydrogen) atoms. The van der Waals surface area contributed by atoms with Crippen LogP contribution in [-0.4, -0.2) is 17.9 Å². The Morgan fingerprint density at radius 3 is 1.82 bits per heavy atom. The fraction of sp³-hybridized carbons (Fsp3) is 0.0909. The van der Waals surface area contributed by atoms with Crippen molar-refractivity contribution in [3.05, 3.63) is 120 Å². The van der Waals surface area contributed by atoms with E-state index in [1.807, 2.05) is 60.7 Å². The number of benzene rings is 4. The maximum Gasteiger partial charge on any atom is 0.416 e. The molecule has 3 nitrogen and oxygen atoms in total. The number of rotatable bonds is 6. The second-order valence-electron chi connectivity index (χ2n) is 9.09. The Bertz CT molecular complexity index is 1630. The van der Waals surface area contributed by atoms with Crippen molar-refractivity contribution in [1.29, 1.82) is 0 Å². The molecule has 0 spiro atoms.